The zero-order valence-corrected chi connectivity index (χ0v) is 10.1. The standard InChI is InChI=1S/C13H17NO3/c1-3-16-11-7-5-10(6-8-13(14)15)9-12(11)17-4-2/h5-9H,3-4H2,1-2H3,(H2,14,15)/b8-6+. The summed E-state index contributed by atoms with van der Waals surface area (Å²) >= 11 is 0. The van der Waals surface area contributed by atoms with E-state index in [1.165, 1.54) is 6.08 Å². The van der Waals surface area contributed by atoms with Crippen molar-refractivity contribution in [3.8, 4) is 11.5 Å². The lowest BCUT2D eigenvalue weighted by atomic mass is 10.2. The van der Waals surface area contributed by atoms with Gasteiger partial charge in [0, 0.05) is 6.08 Å². The average Bonchev–Trinajstić information content (AvgIpc) is 2.30. The van der Waals surface area contributed by atoms with Crippen molar-refractivity contribution < 1.29 is 14.3 Å². The third-order valence-corrected chi connectivity index (χ3v) is 2.01. The summed E-state index contributed by atoms with van der Waals surface area (Å²) in [6.07, 6.45) is 2.95. The molecule has 4 nitrogen and oxygen atoms in total. The van der Waals surface area contributed by atoms with Crippen LogP contribution in [-0.4, -0.2) is 19.1 Å². The second-order valence-electron chi connectivity index (χ2n) is 3.31. The Balaban J connectivity index is 2.95. The molecule has 0 heterocycles. The predicted molar refractivity (Wildman–Crippen MR) is 67.0 cm³/mol. The topological polar surface area (TPSA) is 61.5 Å². The third-order valence-electron chi connectivity index (χ3n) is 2.01. The molecular formula is C13H17NO3. The van der Waals surface area contributed by atoms with Gasteiger partial charge in [-0.3, -0.25) is 4.79 Å². The smallest absolute Gasteiger partial charge is 0.241 e. The highest BCUT2D eigenvalue weighted by atomic mass is 16.5. The first-order chi connectivity index (χ1) is 8.17. The summed E-state index contributed by atoms with van der Waals surface area (Å²) in [5.74, 6) is 0.892. The third kappa shape index (κ3) is 4.18. The summed E-state index contributed by atoms with van der Waals surface area (Å²) in [4.78, 5) is 10.6. The number of carbonyl (C=O) groups excluding carboxylic acids is 1. The lowest BCUT2D eigenvalue weighted by Crippen LogP contribution is -2.05. The van der Waals surface area contributed by atoms with E-state index in [-0.39, 0.29) is 0 Å². The lowest BCUT2D eigenvalue weighted by Gasteiger charge is -2.11. The van der Waals surface area contributed by atoms with E-state index in [4.69, 9.17) is 15.2 Å². The first-order valence-electron chi connectivity index (χ1n) is 5.54. The zero-order valence-electron chi connectivity index (χ0n) is 10.1. The average molecular weight is 235 g/mol. The van der Waals surface area contributed by atoms with Gasteiger partial charge in [0.05, 0.1) is 13.2 Å². The van der Waals surface area contributed by atoms with E-state index in [9.17, 15) is 4.79 Å². The van der Waals surface area contributed by atoms with Crippen LogP contribution in [0.15, 0.2) is 24.3 Å². The van der Waals surface area contributed by atoms with E-state index in [0.29, 0.717) is 24.7 Å². The Labute approximate surface area is 101 Å². The van der Waals surface area contributed by atoms with Crippen molar-refractivity contribution in [2.75, 3.05) is 13.2 Å². The van der Waals surface area contributed by atoms with E-state index >= 15 is 0 Å². The van der Waals surface area contributed by atoms with Crippen molar-refractivity contribution in [2.45, 2.75) is 13.8 Å². The van der Waals surface area contributed by atoms with Crippen LogP contribution in [-0.2, 0) is 4.79 Å². The molecular weight excluding hydrogens is 218 g/mol. The first-order valence-corrected chi connectivity index (χ1v) is 5.54. The summed E-state index contributed by atoms with van der Waals surface area (Å²) in [6, 6.07) is 5.47. The van der Waals surface area contributed by atoms with Crippen molar-refractivity contribution in [2.24, 2.45) is 5.73 Å². The molecule has 2 N–H and O–H groups in total. The molecule has 4 heteroatoms. The molecule has 1 amide bonds. The molecule has 0 aromatic heterocycles. The molecule has 0 saturated carbocycles. The first kappa shape index (κ1) is 13.1. The molecule has 0 saturated heterocycles. The van der Waals surface area contributed by atoms with E-state index in [1.54, 1.807) is 6.08 Å². The minimum atomic E-state index is -0.475. The van der Waals surface area contributed by atoms with Gasteiger partial charge in [-0.05, 0) is 37.6 Å². The van der Waals surface area contributed by atoms with Gasteiger partial charge in [0.1, 0.15) is 0 Å². The number of hydrogen-bond donors (Lipinski definition) is 1. The molecule has 0 radical (unpaired) electrons. The van der Waals surface area contributed by atoms with Crippen LogP contribution in [0.4, 0.5) is 0 Å². The van der Waals surface area contributed by atoms with E-state index in [1.807, 2.05) is 32.0 Å². The van der Waals surface area contributed by atoms with E-state index in [2.05, 4.69) is 0 Å². The fourth-order valence-electron chi connectivity index (χ4n) is 1.35. The van der Waals surface area contributed by atoms with Gasteiger partial charge >= 0.3 is 0 Å². The van der Waals surface area contributed by atoms with Gasteiger partial charge < -0.3 is 15.2 Å². The van der Waals surface area contributed by atoms with Crippen LogP contribution in [0.25, 0.3) is 6.08 Å². The number of carbonyl (C=O) groups is 1. The summed E-state index contributed by atoms with van der Waals surface area (Å²) in [6.45, 7) is 4.96. The van der Waals surface area contributed by atoms with E-state index < -0.39 is 5.91 Å². The summed E-state index contributed by atoms with van der Waals surface area (Å²) in [5, 5.41) is 0. The summed E-state index contributed by atoms with van der Waals surface area (Å²) in [7, 11) is 0. The van der Waals surface area contributed by atoms with Crippen LogP contribution in [0.1, 0.15) is 19.4 Å². The summed E-state index contributed by atoms with van der Waals surface area (Å²) < 4.78 is 10.9. The largest absolute Gasteiger partial charge is 0.490 e. The molecule has 0 aliphatic heterocycles. The van der Waals surface area contributed by atoms with Crippen LogP contribution < -0.4 is 15.2 Å². The molecule has 1 aromatic carbocycles. The molecule has 1 rings (SSSR count). The van der Waals surface area contributed by atoms with Crippen molar-refractivity contribution >= 4 is 12.0 Å². The summed E-state index contributed by atoms with van der Waals surface area (Å²) in [5.41, 5.74) is 5.88. The Bertz CT molecular complexity index is 413. The van der Waals surface area contributed by atoms with Crippen molar-refractivity contribution in [1.29, 1.82) is 0 Å². The van der Waals surface area contributed by atoms with E-state index in [0.717, 1.165) is 5.56 Å². The normalized spacial score (nSPS) is 10.5. The van der Waals surface area contributed by atoms with Gasteiger partial charge in [-0.2, -0.15) is 0 Å². The molecule has 92 valence electrons. The molecule has 0 fully saturated rings. The van der Waals surface area contributed by atoms with Gasteiger partial charge in [-0.1, -0.05) is 6.07 Å². The zero-order chi connectivity index (χ0) is 12.7. The number of rotatable bonds is 6. The van der Waals surface area contributed by atoms with Crippen LogP contribution in [0.3, 0.4) is 0 Å². The number of nitrogens with two attached hydrogens (primary N) is 1. The maximum atomic E-state index is 10.6. The maximum absolute atomic E-state index is 10.6. The number of benzene rings is 1. The molecule has 0 unspecified atom stereocenters. The highest BCUT2D eigenvalue weighted by molar-refractivity contribution is 5.90. The fourth-order valence-corrected chi connectivity index (χ4v) is 1.35. The molecule has 0 aliphatic carbocycles. The van der Waals surface area contributed by atoms with Crippen LogP contribution in [0.5, 0.6) is 11.5 Å². The number of primary amides is 1. The Hall–Kier alpha value is -1.97. The van der Waals surface area contributed by atoms with Gasteiger partial charge in [0.2, 0.25) is 5.91 Å². The minimum absolute atomic E-state index is 0.475. The minimum Gasteiger partial charge on any atom is -0.490 e. The monoisotopic (exact) mass is 235 g/mol. The highest BCUT2D eigenvalue weighted by Crippen LogP contribution is 2.28. The van der Waals surface area contributed by atoms with Gasteiger partial charge in [-0.15, -0.1) is 0 Å². The SMILES string of the molecule is CCOc1ccc(/C=C/C(N)=O)cc1OCC. The number of ether oxygens (including phenoxy) is 2. The molecule has 0 bridgehead atoms. The molecule has 1 aromatic rings. The second kappa shape index (κ2) is 6.58. The highest BCUT2D eigenvalue weighted by Gasteiger charge is 2.04. The Morgan fingerprint density at radius 1 is 1.24 bits per heavy atom. The second-order valence-corrected chi connectivity index (χ2v) is 3.31. The lowest BCUT2D eigenvalue weighted by molar-refractivity contribution is -0.113. The molecule has 0 aliphatic rings. The number of amides is 1. The van der Waals surface area contributed by atoms with Crippen molar-refractivity contribution in [3.05, 3.63) is 29.8 Å². The Morgan fingerprint density at radius 2 is 1.88 bits per heavy atom. The predicted octanol–water partition coefficient (Wildman–Crippen LogP) is 1.98. The fraction of sp³-hybridized carbons (Fsp3) is 0.308. The van der Waals surface area contributed by atoms with Crippen molar-refractivity contribution in [3.63, 3.8) is 0 Å². The van der Waals surface area contributed by atoms with Gasteiger partial charge in [0.15, 0.2) is 11.5 Å². The van der Waals surface area contributed by atoms with Crippen molar-refractivity contribution in [1.82, 2.24) is 0 Å². The Kier molecular flexibility index (Phi) is 5.07. The van der Waals surface area contributed by atoms with Crippen LogP contribution >= 0.6 is 0 Å². The molecule has 0 spiro atoms. The van der Waals surface area contributed by atoms with Gasteiger partial charge in [-0.25, -0.2) is 0 Å². The van der Waals surface area contributed by atoms with Crippen LogP contribution in [0, 0.1) is 0 Å². The Morgan fingerprint density at radius 3 is 2.47 bits per heavy atom. The quantitative estimate of drug-likeness (QED) is 0.767. The van der Waals surface area contributed by atoms with Crippen LogP contribution in [0.2, 0.25) is 0 Å². The molecule has 17 heavy (non-hydrogen) atoms. The van der Waals surface area contributed by atoms with Gasteiger partial charge in [0.25, 0.3) is 0 Å². The maximum Gasteiger partial charge on any atom is 0.241 e. The number of hydrogen-bond acceptors (Lipinski definition) is 3. The molecule has 0 atom stereocenters.